The Labute approximate surface area is 174 Å². The number of rotatable bonds is 13. The fourth-order valence-corrected chi connectivity index (χ4v) is 2.83. The van der Waals surface area contributed by atoms with Gasteiger partial charge in [-0.1, -0.05) is 63.8 Å². The Morgan fingerprint density at radius 2 is 1.76 bits per heavy atom. The van der Waals surface area contributed by atoms with Crippen LogP contribution in [0, 0.1) is 0 Å². The molecule has 2 aromatic carbocycles. The van der Waals surface area contributed by atoms with Crippen LogP contribution in [-0.4, -0.2) is 25.3 Å². The summed E-state index contributed by atoms with van der Waals surface area (Å²) in [5, 5.41) is 4.03. The SMILES string of the molecule is CCCCCCOc1ccccc1/C=N\NC(=O)COc1ccc(CCC)cc1. The Hall–Kier alpha value is -2.82. The normalized spacial score (nSPS) is 10.8. The fraction of sp³-hybridized carbons (Fsp3) is 0.417. The number of para-hydroxylation sites is 1. The molecule has 0 saturated carbocycles. The highest BCUT2D eigenvalue weighted by Crippen LogP contribution is 2.16. The van der Waals surface area contributed by atoms with Crippen molar-refractivity contribution in [2.45, 2.75) is 52.4 Å². The summed E-state index contributed by atoms with van der Waals surface area (Å²) in [4.78, 5) is 12.0. The number of amides is 1. The predicted octanol–water partition coefficient (Wildman–Crippen LogP) is 5.13. The quantitative estimate of drug-likeness (QED) is 0.290. The summed E-state index contributed by atoms with van der Waals surface area (Å²) in [7, 11) is 0. The van der Waals surface area contributed by atoms with E-state index in [4.69, 9.17) is 9.47 Å². The minimum atomic E-state index is -0.308. The summed E-state index contributed by atoms with van der Waals surface area (Å²) in [5.41, 5.74) is 4.59. The first kappa shape index (κ1) is 22.5. The highest BCUT2D eigenvalue weighted by molar-refractivity contribution is 5.85. The number of carbonyl (C=O) groups is 1. The van der Waals surface area contributed by atoms with Crippen LogP contribution in [-0.2, 0) is 11.2 Å². The molecule has 0 aliphatic heterocycles. The Morgan fingerprint density at radius 3 is 2.52 bits per heavy atom. The largest absolute Gasteiger partial charge is 0.493 e. The second kappa shape index (κ2) is 13.4. The number of hydrazone groups is 1. The number of unbranched alkanes of at least 4 members (excludes halogenated alkanes) is 3. The molecular formula is C24H32N2O3. The van der Waals surface area contributed by atoms with E-state index in [0.29, 0.717) is 12.4 Å². The average Bonchev–Trinajstić information content (AvgIpc) is 2.74. The van der Waals surface area contributed by atoms with E-state index < -0.39 is 0 Å². The molecule has 0 radical (unpaired) electrons. The van der Waals surface area contributed by atoms with Crippen LogP contribution in [0.25, 0.3) is 0 Å². The first-order valence-corrected chi connectivity index (χ1v) is 10.5. The van der Waals surface area contributed by atoms with Gasteiger partial charge in [-0.3, -0.25) is 4.79 Å². The van der Waals surface area contributed by atoms with Gasteiger partial charge in [-0.2, -0.15) is 5.10 Å². The molecule has 5 nitrogen and oxygen atoms in total. The molecule has 0 heterocycles. The summed E-state index contributed by atoms with van der Waals surface area (Å²) in [5.74, 6) is 1.13. The summed E-state index contributed by atoms with van der Waals surface area (Å²) >= 11 is 0. The first-order valence-electron chi connectivity index (χ1n) is 10.5. The number of hydrogen-bond donors (Lipinski definition) is 1. The van der Waals surface area contributed by atoms with Gasteiger partial charge in [0, 0.05) is 5.56 Å². The maximum atomic E-state index is 12.0. The van der Waals surface area contributed by atoms with Crippen molar-refractivity contribution < 1.29 is 14.3 Å². The number of hydrogen-bond acceptors (Lipinski definition) is 4. The zero-order valence-electron chi connectivity index (χ0n) is 17.5. The number of benzene rings is 2. The summed E-state index contributed by atoms with van der Waals surface area (Å²) < 4.78 is 11.3. The fourth-order valence-electron chi connectivity index (χ4n) is 2.83. The van der Waals surface area contributed by atoms with Crippen molar-refractivity contribution in [3.05, 3.63) is 59.7 Å². The summed E-state index contributed by atoms with van der Waals surface area (Å²) in [6.07, 6.45) is 8.38. The van der Waals surface area contributed by atoms with Gasteiger partial charge in [0.05, 0.1) is 12.8 Å². The van der Waals surface area contributed by atoms with Crippen LogP contribution in [0.3, 0.4) is 0 Å². The number of ether oxygens (including phenoxy) is 2. The van der Waals surface area contributed by atoms with Crippen molar-refractivity contribution >= 4 is 12.1 Å². The van der Waals surface area contributed by atoms with Crippen molar-refractivity contribution in [1.82, 2.24) is 5.43 Å². The highest BCUT2D eigenvalue weighted by Gasteiger charge is 2.03. The number of aryl methyl sites for hydroxylation is 1. The second-order valence-electron chi connectivity index (χ2n) is 6.92. The number of carbonyl (C=O) groups excluding carboxylic acids is 1. The topological polar surface area (TPSA) is 59.9 Å². The average molecular weight is 397 g/mol. The van der Waals surface area contributed by atoms with Crippen LogP contribution >= 0.6 is 0 Å². The highest BCUT2D eigenvalue weighted by atomic mass is 16.5. The van der Waals surface area contributed by atoms with Gasteiger partial charge >= 0.3 is 0 Å². The third-order valence-electron chi connectivity index (χ3n) is 4.40. The van der Waals surface area contributed by atoms with Gasteiger partial charge in [0.2, 0.25) is 0 Å². The third kappa shape index (κ3) is 8.81. The summed E-state index contributed by atoms with van der Waals surface area (Å²) in [6.45, 7) is 4.94. The molecule has 0 fully saturated rings. The molecule has 0 unspecified atom stereocenters. The minimum absolute atomic E-state index is 0.0833. The molecule has 0 aliphatic carbocycles. The molecule has 0 bridgehead atoms. The lowest BCUT2D eigenvalue weighted by Crippen LogP contribution is -2.24. The van der Waals surface area contributed by atoms with Crippen molar-refractivity contribution in [2.24, 2.45) is 5.10 Å². The molecule has 0 saturated heterocycles. The van der Waals surface area contributed by atoms with Gasteiger partial charge < -0.3 is 9.47 Å². The third-order valence-corrected chi connectivity index (χ3v) is 4.40. The monoisotopic (exact) mass is 396 g/mol. The van der Waals surface area contributed by atoms with E-state index in [-0.39, 0.29) is 12.5 Å². The summed E-state index contributed by atoms with van der Waals surface area (Å²) in [6, 6.07) is 15.5. The molecule has 5 heteroatoms. The van der Waals surface area contributed by atoms with Crippen LogP contribution in [0.2, 0.25) is 0 Å². The molecule has 0 atom stereocenters. The van der Waals surface area contributed by atoms with Crippen molar-refractivity contribution in [2.75, 3.05) is 13.2 Å². The molecule has 156 valence electrons. The molecule has 29 heavy (non-hydrogen) atoms. The Kier molecular flexibility index (Phi) is 10.4. The van der Waals surface area contributed by atoms with Gasteiger partial charge in [-0.05, 0) is 42.7 Å². The number of nitrogens with one attached hydrogen (secondary N) is 1. The van der Waals surface area contributed by atoms with Gasteiger partial charge in [-0.15, -0.1) is 0 Å². The van der Waals surface area contributed by atoms with E-state index in [0.717, 1.165) is 30.6 Å². The number of nitrogens with zero attached hydrogens (tertiary/aromatic N) is 1. The van der Waals surface area contributed by atoms with Crippen LogP contribution in [0.15, 0.2) is 53.6 Å². The van der Waals surface area contributed by atoms with Crippen molar-refractivity contribution in [3.8, 4) is 11.5 Å². The van der Waals surface area contributed by atoms with Crippen LogP contribution in [0.5, 0.6) is 11.5 Å². The van der Waals surface area contributed by atoms with E-state index in [1.807, 2.05) is 48.5 Å². The lowest BCUT2D eigenvalue weighted by Gasteiger charge is -2.09. The van der Waals surface area contributed by atoms with E-state index in [1.165, 1.54) is 24.8 Å². The maximum Gasteiger partial charge on any atom is 0.277 e. The van der Waals surface area contributed by atoms with Gasteiger partial charge in [-0.25, -0.2) is 5.43 Å². The van der Waals surface area contributed by atoms with Crippen molar-refractivity contribution in [1.29, 1.82) is 0 Å². The van der Waals surface area contributed by atoms with Crippen LogP contribution in [0.1, 0.15) is 57.1 Å². The molecule has 1 amide bonds. The lowest BCUT2D eigenvalue weighted by molar-refractivity contribution is -0.123. The van der Waals surface area contributed by atoms with Crippen LogP contribution in [0.4, 0.5) is 0 Å². The Morgan fingerprint density at radius 1 is 0.966 bits per heavy atom. The molecule has 2 rings (SSSR count). The molecule has 1 N–H and O–H groups in total. The standard InChI is InChI=1S/C24H32N2O3/c1-3-5-6-9-17-28-23-12-8-7-11-21(23)18-25-26-24(27)19-29-22-15-13-20(10-4-2)14-16-22/h7-8,11-16,18H,3-6,9-10,17,19H2,1-2H3,(H,26,27)/b25-18-. The molecule has 0 aromatic heterocycles. The van der Waals surface area contributed by atoms with Gasteiger partial charge in [0.1, 0.15) is 11.5 Å². The minimum Gasteiger partial charge on any atom is -0.493 e. The first-order chi connectivity index (χ1) is 14.2. The van der Waals surface area contributed by atoms with E-state index >= 15 is 0 Å². The molecule has 2 aromatic rings. The van der Waals surface area contributed by atoms with Crippen molar-refractivity contribution in [3.63, 3.8) is 0 Å². The van der Waals surface area contributed by atoms with E-state index in [2.05, 4.69) is 24.4 Å². The maximum absolute atomic E-state index is 12.0. The van der Waals surface area contributed by atoms with E-state index in [9.17, 15) is 4.79 Å². The molecular weight excluding hydrogens is 364 g/mol. The van der Waals surface area contributed by atoms with Gasteiger partial charge in [0.25, 0.3) is 5.91 Å². The van der Waals surface area contributed by atoms with Gasteiger partial charge in [0.15, 0.2) is 6.61 Å². The Bertz CT molecular complexity index is 757. The zero-order valence-corrected chi connectivity index (χ0v) is 17.5. The zero-order chi connectivity index (χ0) is 20.7. The lowest BCUT2D eigenvalue weighted by atomic mass is 10.1. The van der Waals surface area contributed by atoms with E-state index in [1.54, 1.807) is 6.21 Å². The predicted molar refractivity (Wildman–Crippen MR) is 118 cm³/mol. The van der Waals surface area contributed by atoms with Crippen LogP contribution < -0.4 is 14.9 Å². The molecule has 0 spiro atoms. The smallest absolute Gasteiger partial charge is 0.277 e. The second-order valence-corrected chi connectivity index (χ2v) is 6.92. The molecule has 0 aliphatic rings. The Balaban J connectivity index is 1.76.